The van der Waals surface area contributed by atoms with Crippen molar-refractivity contribution < 1.29 is 4.74 Å². The van der Waals surface area contributed by atoms with E-state index in [0.29, 0.717) is 42.0 Å². The van der Waals surface area contributed by atoms with Crippen LogP contribution in [0.1, 0.15) is 41.3 Å². The number of aryl methyl sites for hydroxylation is 2. The summed E-state index contributed by atoms with van der Waals surface area (Å²) in [4.78, 5) is 8.76. The number of nitrogens with zero attached hydrogens (tertiary/aromatic N) is 4. The number of nitrogens with one attached hydrogen (secondary N) is 3. The number of anilines is 3. The number of rotatable bonds is 8. The summed E-state index contributed by atoms with van der Waals surface area (Å²) in [5.74, 6) is 3.21. The Morgan fingerprint density at radius 2 is 2.10 bits per heavy atom. The number of ether oxygens (including phenoxy) is 1. The predicted octanol–water partition coefficient (Wildman–Crippen LogP) is 3.80. The molecule has 0 bridgehead atoms. The molecule has 148 valence electrons. The summed E-state index contributed by atoms with van der Waals surface area (Å²) in [6.45, 7) is 4.76. The van der Waals surface area contributed by atoms with Crippen LogP contribution < -0.4 is 15.4 Å². The maximum Gasteiger partial charge on any atom is 0.153 e. The van der Waals surface area contributed by atoms with Crippen LogP contribution >= 0.6 is 0 Å². The van der Waals surface area contributed by atoms with Gasteiger partial charge in [0.1, 0.15) is 30.1 Å². The molecule has 0 spiro atoms. The van der Waals surface area contributed by atoms with Crippen LogP contribution in [0.5, 0.6) is 5.75 Å². The molecular weight excluding hydrogens is 366 g/mol. The second kappa shape index (κ2) is 8.19. The van der Waals surface area contributed by atoms with Crippen LogP contribution in [0.25, 0.3) is 0 Å². The van der Waals surface area contributed by atoms with Gasteiger partial charge in [-0.1, -0.05) is 0 Å². The summed E-state index contributed by atoms with van der Waals surface area (Å²) >= 11 is 0. The van der Waals surface area contributed by atoms with Gasteiger partial charge in [0.25, 0.3) is 0 Å². The number of H-pyrrole nitrogens is 1. The van der Waals surface area contributed by atoms with Crippen molar-refractivity contribution in [1.82, 2.24) is 20.2 Å². The number of aromatic nitrogens is 4. The van der Waals surface area contributed by atoms with Crippen molar-refractivity contribution in [3.8, 4) is 11.8 Å². The smallest absolute Gasteiger partial charge is 0.153 e. The lowest BCUT2D eigenvalue weighted by molar-refractivity contribution is 0.331. The molecule has 1 fully saturated rings. The van der Waals surface area contributed by atoms with Gasteiger partial charge in [0.2, 0.25) is 0 Å². The standard InChI is InChI=1S/C21H23N7O/c1-13-9-19(25-20-10-18(27-28-20)15-4-5-15)26-21(17(13)11-22)23-7-8-29-16-6-3-14(2)24-12-16/h3,6,9-10,12,15H,4-5,7-8H2,1-2H3,(H3,23,25,26,27,28). The van der Waals surface area contributed by atoms with Gasteiger partial charge in [-0.25, -0.2) is 4.98 Å². The van der Waals surface area contributed by atoms with Gasteiger partial charge in [0, 0.05) is 23.4 Å². The molecule has 4 rings (SSSR count). The second-order valence-electron chi connectivity index (χ2n) is 7.18. The van der Waals surface area contributed by atoms with E-state index in [0.717, 1.165) is 22.8 Å². The highest BCUT2D eigenvalue weighted by Gasteiger charge is 2.25. The Morgan fingerprint density at radius 3 is 2.83 bits per heavy atom. The van der Waals surface area contributed by atoms with Crippen LogP contribution in [0.15, 0.2) is 30.5 Å². The fourth-order valence-corrected chi connectivity index (χ4v) is 3.02. The predicted molar refractivity (Wildman–Crippen MR) is 110 cm³/mol. The third-order valence-corrected chi connectivity index (χ3v) is 4.75. The van der Waals surface area contributed by atoms with E-state index in [1.54, 1.807) is 6.20 Å². The number of hydrogen-bond acceptors (Lipinski definition) is 7. The van der Waals surface area contributed by atoms with Crippen molar-refractivity contribution in [3.63, 3.8) is 0 Å². The van der Waals surface area contributed by atoms with Crippen LogP contribution in [-0.2, 0) is 0 Å². The molecule has 29 heavy (non-hydrogen) atoms. The molecule has 3 aromatic heterocycles. The van der Waals surface area contributed by atoms with Gasteiger partial charge in [-0.2, -0.15) is 10.4 Å². The summed E-state index contributed by atoms with van der Waals surface area (Å²) in [6.07, 6.45) is 4.12. The lowest BCUT2D eigenvalue weighted by Gasteiger charge is -2.12. The SMILES string of the molecule is Cc1ccc(OCCNc2nc(Nc3cc(C4CC4)[nH]n3)cc(C)c2C#N)cn1. The van der Waals surface area contributed by atoms with E-state index in [9.17, 15) is 5.26 Å². The van der Waals surface area contributed by atoms with Gasteiger partial charge in [0.05, 0.1) is 18.3 Å². The lowest BCUT2D eigenvalue weighted by Crippen LogP contribution is -2.14. The van der Waals surface area contributed by atoms with Gasteiger partial charge in [-0.15, -0.1) is 0 Å². The molecule has 3 aromatic rings. The van der Waals surface area contributed by atoms with Crippen LogP contribution in [0.2, 0.25) is 0 Å². The topological polar surface area (TPSA) is 112 Å². The average Bonchev–Trinajstić information content (AvgIpc) is 3.46. The Labute approximate surface area is 169 Å². The molecule has 0 aromatic carbocycles. The molecular formula is C21H23N7O. The van der Waals surface area contributed by atoms with E-state index >= 15 is 0 Å². The van der Waals surface area contributed by atoms with E-state index in [1.165, 1.54) is 12.8 Å². The van der Waals surface area contributed by atoms with Crippen molar-refractivity contribution in [2.24, 2.45) is 0 Å². The number of pyridine rings is 2. The molecule has 1 aliphatic carbocycles. The van der Waals surface area contributed by atoms with Crippen LogP contribution in [0.3, 0.4) is 0 Å². The molecule has 8 nitrogen and oxygen atoms in total. The number of aromatic amines is 1. The van der Waals surface area contributed by atoms with E-state index in [4.69, 9.17) is 4.74 Å². The van der Waals surface area contributed by atoms with E-state index in [-0.39, 0.29) is 0 Å². The zero-order chi connectivity index (χ0) is 20.2. The first-order valence-corrected chi connectivity index (χ1v) is 9.66. The van der Waals surface area contributed by atoms with Gasteiger partial charge >= 0.3 is 0 Å². The summed E-state index contributed by atoms with van der Waals surface area (Å²) in [7, 11) is 0. The minimum absolute atomic E-state index is 0.429. The first-order chi connectivity index (χ1) is 14.1. The number of hydrogen-bond donors (Lipinski definition) is 3. The first kappa shape index (κ1) is 18.7. The lowest BCUT2D eigenvalue weighted by atomic mass is 10.1. The normalized spacial score (nSPS) is 13.0. The molecule has 1 saturated carbocycles. The van der Waals surface area contributed by atoms with Gasteiger partial charge in [0.15, 0.2) is 5.82 Å². The zero-order valence-electron chi connectivity index (χ0n) is 16.5. The molecule has 3 heterocycles. The summed E-state index contributed by atoms with van der Waals surface area (Å²) in [6, 6.07) is 9.88. The van der Waals surface area contributed by atoms with E-state index < -0.39 is 0 Å². The highest BCUT2D eigenvalue weighted by atomic mass is 16.5. The molecule has 0 amide bonds. The van der Waals surface area contributed by atoms with Crippen LogP contribution in [-0.4, -0.2) is 33.3 Å². The monoisotopic (exact) mass is 389 g/mol. The summed E-state index contributed by atoms with van der Waals surface area (Å²) in [5, 5.41) is 23.3. The molecule has 0 aliphatic heterocycles. The van der Waals surface area contributed by atoms with Crippen LogP contribution in [0, 0.1) is 25.2 Å². The van der Waals surface area contributed by atoms with Crippen molar-refractivity contribution in [2.75, 3.05) is 23.8 Å². The highest BCUT2D eigenvalue weighted by molar-refractivity contribution is 5.63. The van der Waals surface area contributed by atoms with Crippen LogP contribution in [0.4, 0.5) is 17.5 Å². The molecule has 1 aliphatic rings. The average molecular weight is 389 g/mol. The van der Waals surface area contributed by atoms with Gasteiger partial charge in [-0.3, -0.25) is 10.1 Å². The maximum atomic E-state index is 9.50. The Morgan fingerprint density at radius 1 is 1.24 bits per heavy atom. The fraction of sp³-hybridized carbons (Fsp3) is 0.333. The Hall–Kier alpha value is -3.60. The van der Waals surface area contributed by atoms with Crippen molar-refractivity contribution in [3.05, 3.63) is 53.0 Å². The first-order valence-electron chi connectivity index (χ1n) is 9.66. The summed E-state index contributed by atoms with van der Waals surface area (Å²) in [5.41, 5.74) is 3.46. The largest absolute Gasteiger partial charge is 0.490 e. The summed E-state index contributed by atoms with van der Waals surface area (Å²) < 4.78 is 5.68. The second-order valence-corrected chi connectivity index (χ2v) is 7.18. The maximum absolute atomic E-state index is 9.50. The molecule has 0 unspecified atom stereocenters. The minimum atomic E-state index is 0.429. The zero-order valence-corrected chi connectivity index (χ0v) is 16.5. The Bertz CT molecular complexity index is 1030. The third kappa shape index (κ3) is 4.63. The van der Waals surface area contributed by atoms with E-state index in [2.05, 4.69) is 36.9 Å². The third-order valence-electron chi connectivity index (χ3n) is 4.75. The minimum Gasteiger partial charge on any atom is -0.490 e. The Kier molecular flexibility index (Phi) is 5.29. The van der Waals surface area contributed by atoms with Crippen molar-refractivity contribution in [1.29, 1.82) is 5.26 Å². The van der Waals surface area contributed by atoms with Gasteiger partial charge in [-0.05, 0) is 50.5 Å². The highest BCUT2D eigenvalue weighted by Crippen LogP contribution is 2.39. The Balaban J connectivity index is 1.40. The molecule has 0 radical (unpaired) electrons. The molecule has 0 saturated heterocycles. The fourth-order valence-electron chi connectivity index (χ4n) is 3.02. The number of nitriles is 1. The van der Waals surface area contributed by atoms with Crippen molar-refractivity contribution >= 4 is 17.5 Å². The quantitative estimate of drug-likeness (QED) is 0.502. The van der Waals surface area contributed by atoms with E-state index in [1.807, 2.05) is 38.1 Å². The molecule has 3 N–H and O–H groups in total. The molecule has 8 heteroatoms. The molecule has 0 atom stereocenters. The van der Waals surface area contributed by atoms with Crippen molar-refractivity contribution in [2.45, 2.75) is 32.6 Å². The van der Waals surface area contributed by atoms with Gasteiger partial charge < -0.3 is 15.4 Å².